The zero-order chi connectivity index (χ0) is 19.9. The maximum atomic E-state index is 12.5. The lowest BCUT2D eigenvalue weighted by molar-refractivity contribution is -0.144. The maximum Gasteiger partial charge on any atom is 0.416 e. The van der Waals surface area contributed by atoms with Gasteiger partial charge in [0.15, 0.2) is 0 Å². The standard InChI is InChI=1S/C17H19F3N4O3/c1-2-27-16(26)11-24-10-14(22-23-24)9-21-15(25)8-5-12-3-6-13(7-4-12)17(18,19)20/h3-4,6-7,10H,2,5,8-9,11H2,1H3,(H,21,25). The van der Waals surface area contributed by atoms with Gasteiger partial charge in [-0.3, -0.25) is 9.59 Å². The van der Waals surface area contributed by atoms with E-state index in [1.165, 1.54) is 23.0 Å². The van der Waals surface area contributed by atoms with Crippen molar-refractivity contribution in [2.75, 3.05) is 6.61 Å². The molecule has 7 nitrogen and oxygen atoms in total. The quantitative estimate of drug-likeness (QED) is 0.705. The molecule has 1 N–H and O–H groups in total. The van der Waals surface area contributed by atoms with Gasteiger partial charge in [0.25, 0.3) is 0 Å². The molecule has 0 aliphatic rings. The number of halogens is 3. The van der Waals surface area contributed by atoms with E-state index >= 15 is 0 Å². The van der Waals surface area contributed by atoms with E-state index < -0.39 is 17.7 Å². The predicted octanol–water partition coefficient (Wildman–Crippen LogP) is 2.11. The molecular weight excluding hydrogens is 365 g/mol. The second-order valence-corrected chi connectivity index (χ2v) is 5.68. The Hall–Kier alpha value is -2.91. The number of esters is 1. The lowest BCUT2D eigenvalue weighted by Gasteiger charge is -2.07. The monoisotopic (exact) mass is 384 g/mol. The van der Waals surface area contributed by atoms with E-state index in [0.717, 1.165) is 12.1 Å². The Labute approximate surface area is 153 Å². The van der Waals surface area contributed by atoms with Crippen molar-refractivity contribution in [2.45, 2.75) is 39.0 Å². The molecule has 146 valence electrons. The molecule has 0 saturated carbocycles. The molecule has 1 amide bonds. The average molecular weight is 384 g/mol. The van der Waals surface area contributed by atoms with Crippen molar-refractivity contribution in [1.29, 1.82) is 0 Å². The van der Waals surface area contributed by atoms with Crippen molar-refractivity contribution in [2.24, 2.45) is 0 Å². The van der Waals surface area contributed by atoms with Crippen LogP contribution in [-0.4, -0.2) is 33.5 Å². The van der Waals surface area contributed by atoms with Crippen LogP contribution in [0.5, 0.6) is 0 Å². The highest BCUT2D eigenvalue weighted by Crippen LogP contribution is 2.29. The Kier molecular flexibility index (Phi) is 6.91. The van der Waals surface area contributed by atoms with E-state index in [2.05, 4.69) is 15.6 Å². The van der Waals surface area contributed by atoms with Crippen LogP contribution in [-0.2, 0) is 40.0 Å². The Balaban J connectivity index is 1.75. The molecular formula is C17H19F3N4O3. The van der Waals surface area contributed by atoms with E-state index in [-0.39, 0.29) is 32.0 Å². The van der Waals surface area contributed by atoms with Gasteiger partial charge in [0.1, 0.15) is 12.2 Å². The van der Waals surface area contributed by atoms with Gasteiger partial charge in [0.2, 0.25) is 5.91 Å². The van der Waals surface area contributed by atoms with Crippen LogP contribution in [0.1, 0.15) is 30.2 Å². The summed E-state index contributed by atoms with van der Waals surface area (Å²) in [5, 5.41) is 10.2. The number of benzene rings is 1. The van der Waals surface area contributed by atoms with Gasteiger partial charge in [-0.05, 0) is 31.0 Å². The lowest BCUT2D eigenvalue weighted by Crippen LogP contribution is -2.23. The van der Waals surface area contributed by atoms with Gasteiger partial charge < -0.3 is 10.1 Å². The third-order valence-electron chi connectivity index (χ3n) is 3.57. The predicted molar refractivity (Wildman–Crippen MR) is 88.3 cm³/mol. The number of alkyl halides is 3. The Bertz CT molecular complexity index is 772. The van der Waals surface area contributed by atoms with Gasteiger partial charge in [-0.15, -0.1) is 5.10 Å². The highest BCUT2D eigenvalue weighted by atomic mass is 19.4. The van der Waals surface area contributed by atoms with Gasteiger partial charge in [0, 0.05) is 6.42 Å². The molecule has 27 heavy (non-hydrogen) atoms. The minimum atomic E-state index is -4.37. The molecule has 1 aromatic carbocycles. The minimum absolute atomic E-state index is 0.0668. The number of amides is 1. The molecule has 0 fully saturated rings. The molecule has 0 radical (unpaired) electrons. The van der Waals surface area contributed by atoms with Crippen LogP contribution in [0.2, 0.25) is 0 Å². The summed E-state index contributed by atoms with van der Waals surface area (Å²) in [6.45, 7) is 2.04. The molecule has 10 heteroatoms. The van der Waals surface area contributed by atoms with Gasteiger partial charge in [-0.2, -0.15) is 13.2 Å². The summed E-state index contributed by atoms with van der Waals surface area (Å²) in [7, 11) is 0. The van der Waals surface area contributed by atoms with Crippen LogP contribution < -0.4 is 5.32 Å². The fourth-order valence-electron chi connectivity index (χ4n) is 2.23. The van der Waals surface area contributed by atoms with Crippen molar-refractivity contribution in [3.63, 3.8) is 0 Å². The number of aromatic nitrogens is 3. The van der Waals surface area contributed by atoms with Crippen LogP contribution in [0.25, 0.3) is 0 Å². The lowest BCUT2D eigenvalue weighted by atomic mass is 10.1. The topological polar surface area (TPSA) is 86.1 Å². The molecule has 0 unspecified atom stereocenters. The Morgan fingerprint density at radius 1 is 1.22 bits per heavy atom. The number of carbonyl (C=O) groups is 2. The summed E-state index contributed by atoms with van der Waals surface area (Å²) < 4.78 is 43.6. The van der Waals surface area contributed by atoms with Crippen LogP contribution in [0.3, 0.4) is 0 Å². The number of aryl methyl sites for hydroxylation is 1. The molecule has 0 spiro atoms. The summed E-state index contributed by atoms with van der Waals surface area (Å²) in [6.07, 6.45) is -2.41. The fraction of sp³-hybridized carbons (Fsp3) is 0.412. The summed E-state index contributed by atoms with van der Waals surface area (Å²) >= 11 is 0. The summed E-state index contributed by atoms with van der Waals surface area (Å²) in [5.41, 5.74) is 0.391. The largest absolute Gasteiger partial charge is 0.465 e. The molecule has 0 aliphatic heterocycles. The Morgan fingerprint density at radius 3 is 2.56 bits per heavy atom. The first kappa shape index (κ1) is 20.4. The van der Waals surface area contributed by atoms with Crippen LogP contribution >= 0.6 is 0 Å². The minimum Gasteiger partial charge on any atom is -0.465 e. The number of rotatable bonds is 8. The average Bonchev–Trinajstić information content (AvgIpc) is 3.05. The third-order valence-corrected chi connectivity index (χ3v) is 3.57. The highest BCUT2D eigenvalue weighted by Gasteiger charge is 2.29. The summed E-state index contributed by atoms with van der Waals surface area (Å²) in [5.74, 6) is -0.704. The zero-order valence-electron chi connectivity index (χ0n) is 14.6. The maximum absolute atomic E-state index is 12.5. The van der Waals surface area contributed by atoms with Crippen molar-refractivity contribution >= 4 is 11.9 Å². The fourth-order valence-corrected chi connectivity index (χ4v) is 2.23. The molecule has 0 bridgehead atoms. The van der Waals surface area contributed by atoms with Crippen LogP contribution in [0.4, 0.5) is 13.2 Å². The van der Waals surface area contributed by atoms with Crippen molar-refractivity contribution < 1.29 is 27.5 Å². The van der Waals surface area contributed by atoms with Gasteiger partial charge >= 0.3 is 12.1 Å². The molecule has 1 aromatic heterocycles. The molecule has 0 saturated heterocycles. The molecule has 1 heterocycles. The van der Waals surface area contributed by atoms with Gasteiger partial charge in [-0.25, -0.2) is 4.68 Å². The van der Waals surface area contributed by atoms with Crippen LogP contribution in [0.15, 0.2) is 30.5 Å². The van der Waals surface area contributed by atoms with Crippen molar-refractivity contribution in [3.8, 4) is 0 Å². The Morgan fingerprint density at radius 2 is 1.93 bits per heavy atom. The van der Waals surface area contributed by atoms with Crippen molar-refractivity contribution in [1.82, 2.24) is 20.3 Å². The first-order chi connectivity index (χ1) is 12.8. The van der Waals surface area contributed by atoms with E-state index in [1.807, 2.05) is 0 Å². The van der Waals surface area contributed by atoms with Crippen LogP contribution in [0, 0.1) is 0 Å². The smallest absolute Gasteiger partial charge is 0.416 e. The normalized spacial score (nSPS) is 11.3. The van der Waals surface area contributed by atoms with E-state index in [9.17, 15) is 22.8 Å². The second kappa shape index (κ2) is 9.15. The zero-order valence-corrected chi connectivity index (χ0v) is 14.6. The number of hydrogen-bond donors (Lipinski definition) is 1. The molecule has 0 atom stereocenters. The molecule has 2 rings (SSSR count). The molecule has 2 aromatic rings. The number of ether oxygens (including phenoxy) is 1. The second-order valence-electron chi connectivity index (χ2n) is 5.68. The SMILES string of the molecule is CCOC(=O)Cn1cc(CNC(=O)CCc2ccc(C(F)(F)F)cc2)nn1. The molecule has 0 aliphatic carbocycles. The highest BCUT2D eigenvalue weighted by molar-refractivity contribution is 5.76. The first-order valence-electron chi connectivity index (χ1n) is 8.25. The van der Waals surface area contributed by atoms with E-state index in [1.54, 1.807) is 6.92 Å². The number of carbonyl (C=O) groups excluding carboxylic acids is 2. The third kappa shape index (κ3) is 6.72. The summed E-state index contributed by atoms with van der Waals surface area (Å²) in [4.78, 5) is 23.2. The van der Waals surface area contributed by atoms with Crippen molar-refractivity contribution in [3.05, 3.63) is 47.3 Å². The van der Waals surface area contributed by atoms with E-state index in [0.29, 0.717) is 17.7 Å². The number of hydrogen-bond acceptors (Lipinski definition) is 5. The van der Waals surface area contributed by atoms with Gasteiger partial charge in [-0.1, -0.05) is 17.3 Å². The van der Waals surface area contributed by atoms with E-state index in [4.69, 9.17) is 4.74 Å². The first-order valence-corrected chi connectivity index (χ1v) is 8.25. The number of nitrogens with one attached hydrogen (secondary N) is 1. The summed E-state index contributed by atoms with van der Waals surface area (Å²) in [6, 6.07) is 4.71. The number of nitrogens with zero attached hydrogens (tertiary/aromatic N) is 3. The van der Waals surface area contributed by atoms with Gasteiger partial charge in [0.05, 0.1) is 24.9 Å².